The Kier molecular flexibility index (Phi) is 3.16. The van der Waals surface area contributed by atoms with Gasteiger partial charge in [0, 0.05) is 6.54 Å². The van der Waals surface area contributed by atoms with Crippen LogP contribution in [0, 0.1) is 22.7 Å². The molecule has 1 N–H and O–H groups in total. The lowest BCUT2D eigenvalue weighted by Crippen LogP contribution is -2.63. The Morgan fingerprint density at radius 3 is 2.72 bits per heavy atom. The zero-order chi connectivity index (χ0) is 13.6. The number of piperidine rings is 1. The first-order chi connectivity index (χ1) is 8.39. The summed E-state index contributed by atoms with van der Waals surface area (Å²) in [5.74, 6) is 0.194. The average molecular weight is 253 g/mol. The summed E-state index contributed by atoms with van der Waals surface area (Å²) in [6.07, 6.45) is 2.15. The first-order valence-electron chi connectivity index (χ1n) is 6.84. The predicted molar refractivity (Wildman–Crippen MR) is 67.7 cm³/mol. The summed E-state index contributed by atoms with van der Waals surface area (Å²) in [7, 11) is 0. The first-order valence-corrected chi connectivity index (χ1v) is 6.84. The third-order valence-corrected chi connectivity index (χ3v) is 5.54. The standard InChI is InChI=1S/C14H23NO3/c1-5-18-12(17)14(4)11(16)15-8-10-7-6-9(2)13(10,14)3/h9-10H,5-8H2,1-4H3,(H,15,16). The highest BCUT2D eigenvalue weighted by Gasteiger charge is 2.65. The van der Waals surface area contributed by atoms with Crippen molar-refractivity contribution in [2.75, 3.05) is 13.2 Å². The molecule has 102 valence electrons. The minimum absolute atomic E-state index is 0.173. The van der Waals surface area contributed by atoms with Crippen LogP contribution in [0.4, 0.5) is 0 Å². The number of hydrogen-bond acceptors (Lipinski definition) is 3. The number of ether oxygens (including phenoxy) is 1. The topological polar surface area (TPSA) is 55.4 Å². The first kappa shape index (κ1) is 13.4. The number of carbonyl (C=O) groups is 2. The Morgan fingerprint density at radius 1 is 1.44 bits per heavy atom. The molecule has 0 aromatic heterocycles. The van der Waals surface area contributed by atoms with Crippen LogP contribution in [-0.4, -0.2) is 25.0 Å². The molecule has 1 amide bonds. The Morgan fingerprint density at radius 2 is 2.11 bits per heavy atom. The van der Waals surface area contributed by atoms with Gasteiger partial charge in [0.15, 0.2) is 0 Å². The van der Waals surface area contributed by atoms with E-state index >= 15 is 0 Å². The van der Waals surface area contributed by atoms with Crippen molar-refractivity contribution in [2.45, 2.75) is 40.5 Å². The van der Waals surface area contributed by atoms with Gasteiger partial charge in [-0.15, -0.1) is 0 Å². The zero-order valence-corrected chi connectivity index (χ0v) is 11.7. The molecule has 4 unspecified atom stereocenters. The molecule has 0 spiro atoms. The van der Waals surface area contributed by atoms with Crippen molar-refractivity contribution in [1.82, 2.24) is 5.32 Å². The molecule has 0 aromatic rings. The second kappa shape index (κ2) is 4.25. The van der Waals surface area contributed by atoms with E-state index in [1.165, 1.54) is 0 Å². The van der Waals surface area contributed by atoms with Gasteiger partial charge >= 0.3 is 5.97 Å². The Hall–Kier alpha value is -1.06. The molecular weight excluding hydrogens is 230 g/mol. The fraction of sp³-hybridized carbons (Fsp3) is 0.857. The quantitative estimate of drug-likeness (QED) is 0.602. The number of fused-ring (bicyclic) bond motifs is 1. The number of esters is 1. The highest BCUT2D eigenvalue weighted by atomic mass is 16.5. The van der Waals surface area contributed by atoms with Crippen molar-refractivity contribution in [1.29, 1.82) is 0 Å². The minimum atomic E-state index is -1.05. The van der Waals surface area contributed by atoms with E-state index < -0.39 is 5.41 Å². The van der Waals surface area contributed by atoms with Crippen LogP contribution < -0.4 is 5.32 Å². The van der Waals surface area contributed by atoms with Gasteiger partial charge in [-0.3, -0.25) is 9.59 Å². The number of nitrogens with one attached hydrogen (secondary N) is 1. The summed E-state index contributed by atoms with van der Waals surface area (Å²) in [5.41, 5.74) is -1.34. The van der Waals surface area contributed by atoms with Gasteiger partial charge in [-0.2, -0.15) is 0 Å². The van der Waals surface area contributed by atoms with Gasteiger partial charge in [0.25, 0.3) is 0 Å². The molecule has 0 aromatic carbocycles. The van der Waals surface area contributed by atoms with Gasteiger partial charge in [0.1, 0.15) is 5.41 Å². The number of carbonyl (C=O) groups excluding carboxylic acids is 2. The zero-order valence-electron chi connectivity index (χ0n) is 11.7. The Labute approximate surface area is 108 Å². The van der Waals surface area contributed by atoms with Crippen molar-refractivity contribution in [3.63, 3.8) is 0 Å². The van der Waals surface area contributed by atoms with Crippen LogP contribution >= 0.6 is 0 Å². The molecule has 4 atom stereocenters. The monoisotopic (exact) mass is 253 g/mol. The van der Waals surface area contributed by atoms with Crippen LogP contribution in [0.15, 0.2) is 0 Å². The Bertz CT molecular complexity index is 381. The fourth-order valence-electron chi connectivity index (χ4n) is 3.89. The summed E-state index contributed by atoms with van der Waals surface area (Å²) < 4.78 is 5.18. The van der Waals surface area contributed by atoms with Gasteiger partial charge < -0.3 is 10.1 Å². The summed E-state index contributed by atoms with van der Waals surface area (Å²) in [5, 5.41) is 2.89. The van der Waals surface area contributed by atoms with E-state index in [9.17, 15) is 9.59 Å². The van der Waals surface area contributed by atoms with E-state index in [-0.39, 0.29) is 17.3 Å². The maximum absolute atomic E-state index is 12.3. The molecule has 0 radical (unpaired) electrons. The van der Waals surface area contributed by atoms with Crippen LogP contribution in [0.25, 0.3) is 0 Å². The molecule has 2 aliphatic rings. The molecule has 18 heavy (non-hydrogen) atoms. The second-order valence-corrected chi connectivity index (χ2v) is 6.01. The summed E-state index contributed by atoms with van der Waals surface area (Å²) in [4.78, 5) is 24.7. The third-order valence-electron chi connectivity index (χ3n) is 5.54. The van der Waals surface area contributed by atoms with Crippen LogP contribution in [-0.2, 0) is 14.3 Å². The van der Waals surface area contributed by atoms with Crippen LogP contribution in [0.1, 0.15) is 40.5 Å². The maximum atomic E-state index is 12.3. The SMILES string of the molecule is CCOC(=O)C1(C)C(=O)NCC2CCC(C)C21C. The van der Waals surface area contributed by atoms with Crippen LogP contribution in [0.3, 0.4) is 0 Å². The molecule has 1 heterocycles. The fourth-order valence-corrected chi connectivity index (χ4v) is 3.89. The summed E-state index contributed by atoms with van der Waals surface area (Å²) in [6.45, 7) is 8.78. The van der Waals surface area contributed by atoms with Crippen LogP contribution in [0.2, 0.25) is 0 Å². The van der Waals surface area contributed by atoms with Crippen molar-refractivity contribution < 1.29 is 14.3 Å². The third kappa shape index (κ3) is 1.44. The maximum Gasteiger partial charge on any atom is 0.321 e. The molecule has 1 saturated heterocycles. The highest BCUT2D eigenvalue weighted by molar-refractivity contribution is 6.04. The lowest BCUT2D eigenvalue weighted by molar-refractivity contribution is -0.178. The van der Waals surface area contributed by atoms with E-state index in [0.29, 0.717) is 25.0 Å². The van der Waals surface area contributed by atoms with E-state index in [2.05, 4.69) is 19.2 Å². The van der Waals surface area contributed by atoms with Gasteiger partial charge in [-0.05, 0) is 43.9 Å². The lowest BCUT2D eigenvalue weighted by atomic mass is 9.54. The smallest absolute Gasteiger partial charge is 0.321 e. The molecule has 0 bridgehead atoms. The van der Waals surface area contributed by atoms with Gasteiger partial charge in [0.05, 0.1) is 6.61 Å². The molecule has 1 aliphatic heterocycles. The molecule has 1 aliphatic carbocycles. The molecule has 4 heteroatoms. The number of rotatable bonds is 2. The van der Waals surface area contributed by atoms with Gasteiger partial charge in [-0.1, -0.05) is 13.8 Å². The molecule has 1 saturated carbocycles. The van der Waals surface area contributed by atoms with Crippen LogP contribution in [0.5, 0.6) is 0 Å². The normalized spacial score (nSPS) is 43.2. The van der Waals surface area contributed by atoms with Gasteiger partial charge in [-0.25, -0.2) is 0 Å². The van der Waals surface area contributed by atoms with E-state index in [0.717, 1.165) is 12.8 Å². The highest BCUT2D eigenvalue weighted by Crippen LogP contribution is 2.59. The van der Waals surface area contributed by atoms with Crippen molar-refractivity contribution in [3.8, 4) is 0 Å². The number of hydrogen-bond donors (Lipinski definition) is 1. The van der Waals surface area contributed by atoms with E-state index in [1.807, 2.05) is 0 Å². The lowest BCUT2D eigenvalue weighted by Gasteiger charge is -2.50. The van der Waals surface area contributed by atoms with Crippen molar-refractivity contribution >= 4 is 11.9 Å². The minimum Gasteiger partial charge on any atom is -0.465 e. The largest absolute Gasteiger partial charge is 0.465 e. The van der Waals surface area contributed by atoms with E-state index in [4.69, 9.17) is 4.74 Å². The second-order valence-electron chi connectivity index (χ2n) is 6.01. The molecule has 2 rings (SSSR count). The van der Waals surface area contributed by atoms with Gasteiger partial charge in [0.2, 0.25) is 5.91 Å². The van der Waals surface area contributed by atoms with E-state index in [1.54, 1.807) is 13.8 Å². The van der Waals surface area contributed by atoms with Crippen molar-refractivity contribution in [2.24, 2.45) is 22.7 Å². The van der Waals surface area contributed by atoms with Crippen molar-refractivity contribution in [3.05, 3.63) is 0 Å². The Balaban J connectivity index is 2.46. The molecular formula is C14H23NO3. The predicted octanol–water partition coefficient (Wildman–Crippen LogP) is 1.74. The summed E-state index contributed by atoms with van der Waals surface area (Å²) in [6, 6.07) is 0. The molecule has 2 fully saturated rings. The summed E-state index contributed by atoms with van der Waals surface area (Å²) >= 11 is 0. The average Bonchev–Trinajstić information content (AvgIpc) is 2.63. The number of amides is 1. The molecule has 4 nitrogen and oxygen atoms in total.